The lowest BCUT2D eigenvalue weighted by molar-refractivity contribution is 0.0864. The summed E-state index contributed by atoms with van der Waals surface area (Å²) < 4.78 is 1.80. The number of aliphatic hydroxyl groups excluding tert-OH is 1. The Kier molecular flexibility index (Phi) is 4.81. The second-order valence-electron chi connectivity index (χ2n) is 6.53. The summed E-state index contributed by atoms with van der Waals surface area (Å²) >= 11 is 1.44. The summed E-state index contributed by atoms with van der Waals surface area (Å²) in [4.78, 5) is 16.9. The van der Waals surface area contributed by atoms with Crippen molar-refractivity contribution in [1.29, 1.82) is 0 Å². The molecule has 1 saturated carbocycles. The molecule has 0 radical (unpaired) electrons. The highest BCUT2D eigenvalue weighted by molar-refractivity contribution is 7.13. The normalized spacial score (nSPS) is 20.0. The smallest absolute Gasteiger partial charge is 0.270 e. The van der Waals surface area contributed by atoms with E-state index < -0.39 is 0 Å². The molecule has 6 nitrogen and oxygen atoms in total. The SMILES string of the molecule is O=C(N[C@H]1CC[C@H](O)CC1)c1csc(-c2cnn(-c3ccccc3)c2)n1. The quantitative estimate of drug-likeness (QED) is 0.742. The van der Waals surface area contributed by atoms with E-state index in [2.05, 4.69) is 15.4 Å². The van der Waals surface area contributed by atoms with E-state index in [0.717, 1.165) is 41.9 Å². The predicted octanol–water partition coefficient (Wildman–Crippen LogP) is 3.03. The Morgan fingerprint density at radius 1 is 1.19 bits per heavy atom. The minimum absolute atomic E-state index is 0.122. The molecule has 0 unspecified atom stereocenters. The topological polar surface area (TPSA) is 80.0 Å². The van der Waals surface area contributed by atoms with E-state index in [-0.39, 0.29) is 18.1 Å². The molecule has 0 bridgehead atoms. The summed E-state index contributed by atoms with van der Waals surface area (Å²) in [5.41, 5.74) is 2.30. The molecule has 1 amide bonds. The highest BCUT2D eigenvalue weighted by atomic mass is 32.1. The van der Waals surface area contributed by atoms with Crippen LogP contribution in [-0.4, -0.2) is 37.9 Å². The van der Waals surface area contributed by atoms with Gasteiger partial charge in [-0.2, -0.15) is 5.10 Å². The van der Waals surface area contributed by atoms with Crippen molar-refractivity contribution < 1.29 is 9.90 Å². The molecule has 134 valence electrons. The number of nitrogens with one attached hydrogen (secondary N) is 1. The van der Waals surface area contributed by atoms with Crippen molar-refractivity contribution >= 4 is 17.2 Å². The number of hydrogen-bond donors (Lipinski definition) is 2. The molecule has 3 aromatic rings. The summed E-state index contributed by atoms with van der Waals surface area (Å²) in [5, 5.41) is 19.5. The van der Waals surface area contributed by atoms with Crippen LogP contribution in [0.4, 0.5) is 0 Å². The van der Waals surface area contributed by atoms with Crippen LogP contribution in [-0.2, 0) is 0 Å². The van der Waals surface area contributed by atoms with E-state index in [1.165, 1.54) is 11.3 Å². The van der Waals surface area contributed by atoms with Gasteiger partial charge in [0.1, 0.15) is 10.7 Å². The van der Waals surface area contributed by atoms with Crippen LogP contribution in [0.5, 0.6) is 0 Å². The predicted molar refractivity (Wildman–Crippen MR) is 100 cm³/mol. The van der Waals surface area contributed by atoms with E-state index >= 15 is 0 Å². The van der Waals surface area contributed by atoms with E-state index in [1.807, 2.05) is 36.5 Å². The Morgan fingerprint density at radius 2 is 1.96 bits per heavy atom. The van der Waals surface area contributed by atoms with Crippen LogP contribution in [0.2, 0.25) is 0 Å². The molecule has 2 aromatic heterocycles. The lowest BCUT2D eigenvalue weighted by Crippen LogP contribution is -2.38. The van der Waals surface area contributed by atoms with Crippen molar-refractivity contribution in [3.63, 3.8) is 0 Å². The number of carbonyl (C=O) groups is 1. The van der Waals surface area contributed by atoms with Crippen LogP contribution in [0, 0.1) is 0 Å². The number of para-hydroxylation sites is 1. The molecule has 4 rings (SSSR count). The number of hydrogen-bond acceptors (Lipinski definition) is 5. The van der Waals surface area contributed by atoms with Crippen LogP contribution < -0.4 is 5.32 Å². The maximum Gasteiger partial charge on any atom is 0.270 e. The molecule has 1 aromatic carbocycles. The Hall–Kier alpha value is -2.51. The van der Waals surface area contributed by atoms with Crippen molar-refractivity contribution in [2.75, 3.05) is 0 Å². The summed E-state index contributed by atoms with van der Waals surface area (Å²) in [7, 11) is 0. The Bertz CT molecular complexity index is 882. The third kappa shape index (κ3) is 3.68. The number of thiazole rings is 1. The van der Waals surface area contributed by atoms with Gasteiger partial charge in [-0.15, -0.1) is 11.3 Å². The van der Waals surface area contributed by atoms with E-state index in [4.69, 9.17) is 0 Å². The zero-order chi connectivity index (χ0) is 17.9. The molecular formula is C19H20N4O2S. The molecule has 0 atom stereocenters. The summed E-state index contributed by atoms with van der Waals surface area (Å²) in [5.74, 6) is -0.149. The van der Waals surface area contributed by atoms with Gasteiger partial charge in [0.2, 0.25) is 0 Å². The van der Waals surface area contributed by atoms with Gasteiger partial charge in [0, 0.05) is 23.2 Å². The first-order valence-corrected chi connectivity index (χ1v) is 9.62. The van der Waals surface area contributed by atoms with Crippen LogP contribution in [0.3, 0.4) is 0 Å². The molecule has 2 heterocycles. The average molecular weight is 368 g/mol. The number of rotatable bonds is 4. The molecule has 1 aliphatic rings. The van der Waals surface area contributed by atoms with Gasteiger partial charge in [-0.25, -0.2) is 9.67 Å². The standard InChI is InChI=1S/C19H20N4O2S/c24-16-8-6-14(7-9-16)21-18(25)17-12-26-19(22-17)13-10-20-23(11-13)15-4-2-1-3-5-15/h1-5,10-12,14,16,24H,6-9H2,(H,21,25)/t14-,16-. The number of aliphatic hydroxyl groups is 1. The largest absolute Gasteiger partial charge is 0.393 e. The van der Waals surface area contributed by atoms with Gasteiger partial charge in [0.25, 0.3) is 5.91 Å². The van der Waals surface area contributed by atoms with Gasteiger partial charge in [-0.05, 0) is 37.8 Å². The lowest BCUT2D eigenvalue weighted by Gasteiger charge is -2.25. The monoisotopic (exact) mass is 368 g/mol. The third-order valence-corrected chi connectivity index (χ3v) is 5.51. The second-order valence-corrected chi connectivity index (χ2v) is 7.38. The molecule has 0 spiro atoms. The Morgan fingerprint density at radius 3 is 2.73 bits per heavy atom. The maximum atomic E-state index is 12.4. The number of nitrogens with zero attached hydrogens (tertiary/aromatic N) is 3. The molecule has 26 heavy (non-hydrogen) atoms. The number of benzene rings is 1. The molecule has 0 aliphatic heterocycles. The van der Waals surface area contributed by atoms with Gasteiger partial charge < -0.3 is 10.4 Å². The summed E-state index contributed by atoms with van der Waals surface area (Å²) in [6, 6.07) is 9.99. The van der Waals surface area contributed by atoms with Crippen molar-refractivity contribution in [3.05, 3.63) is 53.8 Å². The van der Waals surface area contributed by atoms with E-state index in [1.54, 1.807) is 16.3 Å². The second kappa shape index (κ2) is 7.39. The molecule has 7 heteroatoms. The lowest BCUT2D eigenvalue weighted by atomic mass is 9.93. The zero-order valence-corrected chi connectivity index (χ0v) is 15.0. The molecule has 1 fully saturated rings. The van der Waals surface area contributed by atoms with Gasteiger partial charge in [-0.1, -0.05) is 18.2 Å². The minimum atomic E-state index is -0.227. The van der Waals surface area contributed by atoms with Crippen LogP contribution in [0.25, 0.3) is 16.3 Å². The highest BCUT2D eigenvalue weighted by Gasteiger charge is 2.22. The number of aromatic nitrogens is 3. The van der Waals surface area contributed by atoms with Gasteiger partial charge in [0.05, 0.1) is 18.0 Å². The Balaban J connectivity index is 1.45. The number of amides is 1. The fraction of sp³-hybridized carbons (Fsp3) is 0.316. The first-order chi connectivity index (χ1) is 12.7. The van der Waals surface area contributed by atoms with Crippen molar-refractivity contribution in [2.24, 2.45) is 0 Å². The maximum absolute atomic E-state index is 12.4. The third-order valence-electron chi connectivity index (χ3n) is 4.62. The first kappa shape index (κ1) is 16.9. The highest BCUT2D eigenvalue weighted by Crippen LogP contribution is 2.25. The van der Waals surface area contributed by atoms with E-state index in [9.17, 15) is 9.90 Å². The Labute approximate surface area is 155 Å². The van der Waals surface area contributed by atoms with Crippen molar-refractivity contribution in [2.45, 2.75) is 37.8 Å². The van der Waals surface area contributed by atoms with Gasteiger partial charge in [0.15, 0.2) is 0 Å². The van der Waals surface area contributed by atoms with Crippen LogP contribution in [0.15, 0.2) is 48.1 Å². The molecule has 0 saturated heterocycles. The van der Waals surface area contributed by atoms with Crippen LogP contribution in [0.1, 0.15) is 36.2 Å². The van der Waals surface area contributed by atoms with E-state index in [0.29, 0.717) is 5.69 Å². The van der Waals surface area contributed by atoms with Crippen molar-refractivity contribution in [1.82, 2.24) is 20.1 Å². The first-order valence-electron chi connectivity index (χ1n) is 8.74. The summed E-state index contributed by atoms with van der Waals surface area (Å²) in [6.07, 6.45) is 6.56. The van der Waals surface area contributed by atoms with Gasteiger partial charge >= 0.3 is 0 Å². The zero-order valence-electron chi connectivity index (χ0n) is 14.2. The molecule has 2 N–H and O–H groups in total. The minimum Gasteiger partial charge on any atom is -0.393 e. The average Bonchev–Trinajstić information content (AvgIpc) is 3.34. The summed E-state index contributed by atoms with van der Waals surface area (Å²) in [6.45, 7) is 0. The van der Waals surface area contributed by atoms with Crippen LogP contribution >= 0.6 is 11.3 Å². The fourth-order valence-electron chi connectivity index (χ4n) is 3.15. The van der Waals surface area contributed by atoms with Crippen molar-refractivity contribution in [3.8, 4) is 16.3 Å². The molecular weight excluding hydrogens is 348 g/mol. The molecule has 1 aliphatic carbocycles. The fourth-order valence-corrected chi connectivity index (χ4v) is 3.92. The van der Waals surface area contributed by atoms with Gasteiger partial charge in [-0.3, -0.25) is 4.79 Å². The number of carbonyl (C=O) groups excluding carboxylic acids is 1.